The number of hydrazone groups is 1. The van der Waals surface area contributed by atoms with Crippen molar-refractivity contribution in [2.75, 3.05) is 11.9 Å². The molecule has 0 unspecified atom stereocenters. The normalized spacial score (nSPS) is 10.8. The van der Waals surface area contributed by atoms with E-state index in [2.05, 4.69) is 50.9 Å². The van der Waals surface area contributed by atoms with Crippen molar-refractivity contribution in [2.24, 2.45) is 5.10 Å². The number of nitrogens with one attached hydrogen (secondary N) is 3. The van der Waals surface area contributed by atoms with Gasteiger partial charge in [0.15, 0.2) is 6.61 Å². The number of rotatable bonds is 9. The summed E-state index contributed by atoms with van der Waals surface area (Å²) < 4.78 is 19.3. The highest BCUT2D eigenvalue weighted by molar-refractivity contribution is 9.10. The first-order chi connectivity index (χ1) is 17.7. The maximum atomic E-state index is 13.0. The van der Waals surface area contributed by atoms with Gasteiger partial charge in [-0.15, -0.1) is 0 Å². The number of hydrogen-bond acceptors (Lipinski definition) is 5. The summed E-state index contributed by atoms with van der Waals surface area (Å²) in [6.07, 6.45) is 1.30. The summed E-state index contributed by atoms with van der Waals surface area (Å²) in [4.78, 5) is 36.4. The predicted molar refractivity (Wildman–Crippen MR) is 143 cm³/mol. The predicted octanol–water partition coefficient (Wildman–Crippen LogP) is 4.50. The maximum Gasteiger partial charge on any atom is 0.329 e. The van der Waals surface area contributed by atoms with Crippen LogP contribution < -0.4 is 20.8 Å². The van der Waals surface area contributed by atoms with Crippen molar-refractivity contribution in [1.29, 1.82) is 0 Å². The second-order valence-corrected chi connectivity index (χ2v) is 9.22. The van der Waals surface area contributed by atoms with E-state index in [-0.39, 0.29) is 13.2 Å². The molecule has 0 aliphatic carbocycles. The zero-order valence-electron chi connectivity index (χ0n) is 20.3. The van der Waals surface area contributed by atoms with Crippen LogP contribution >= 0.6 is 15.9 Å². The van der Waals surface area contributed by atoms with Crippen LogP contribution in [0.25, 0.3) is 0 Å². The molecule has 0 fully saturated rings. The molecule has 0 heterocycles. The molecular weight excluding hydrogens is 543 g/mol. The van der Waals surface area contributed by atoms with Crippen molar-refractivity contribution in [3.8, 4) is 5.75 Å². The number of benzene rings is 3. The third-order valence-corrected chi connectivity index (χ3v) is 5.63. The third-order valence-electron chi connectivity index (χ3n) is 5.13. The van der Waals surface area contributed by atoms with Crippen molar-refractivity contribution in [3.63, 3.8) is 0 Å². The highest BCUT2D eigenvalue weighted by atomic mass is 79.9. The molecule has 0 aromatic heterocycles. The SMILES string of the molecule is CC(C)c1ccc(CNC(=O)C(=O)N/N=C\c2cc(Br)ccc2OCC(=O)Nc2ccc(F)cc2)cc1. The Morgan fingerprint density at radius 2 is 1.70 bits per heavy atom. The summed E-state index contributed by atoms with van der Waals surface area (Å²) in [6.45, 7) is 4.08. The van der Waals surface area contributed by atoms with Gasteiger partial charge in [-0.3, -0.25) is 14.4 Å². The summed E-state index contributed by atoms with van der Waals surface area (Å²) in [5, 5.41) is 8.98. The standard InChI is InChI=1S/C27H26BrFN4O4/c1-17(2)19-5-3-18(4-6-19)14-30-26(35)27(36)33-31-15-20-13-21(28)7-12-24(20)37-16-25(34)32-23-10-8-22(29)9-11-23/h3-13,15,17H,14,16H2,1-2H3,(H,30,35)(H,32,34)(H,33,36)/b31-15-. The number of hydrogen-bond donors (Lipinski definition) is 3. The average molecular weight is 569 g/mol. The minimum atomic E-state index is -0.925. The molecule has 0 aliphatic rings. The van der Waals surface area contributed by atoms with Gasteiger partial charge in [-0.1, -0.05) is 54.0 Å². The average Bonchev–Trinajstić information content (AvgIpc) is 2.88. The Kier molecular flexibility index (Phi) is 9.91. The minimum Gasteiger partial charge on any atom is -0.483 e. The molecule has 3 N–H and O–H groups in total. The van der Waals surface area contributed by atoms with Gasteiger partial charge in [0.25, 0.3) is 5.91 Å². The topological polar surface area (TPSA) is 109 Å². The van der Waals surface area contributed by atoms with Gasteiger partial charge in [-0.05, 0) is 59.5 Å². The number of ether oxygens (including phenoxy) is 1. The van der Waals surface area contributed by atoms with E-state index < -0.39 is 23.5 Å². The van der Waals surface area contributed by atoms with E-state index in [1.165, 1.54) is 36.0 Å². The van der Waals surface area contributed by atoms with E-state index >= 15 is 0 Å². The quantitative estimate of drug-likeness (QED) is 0.200. The molecule has 0 atom stereocenters. The van der Waals surface area contributed by atoms with Crippen LogP contribution in [0, 0.1) is 5.82 Å². The van der Waals surface area contributed by atoms with Crippen LogP contribution in [0.15, 0.2) is 76.3 Å². The van der Waals surface area contributed by atoms with Gasteiger partial charge in [0.05, 0.1) is 6.21 Å². The molecule has 0 saturated carbocycles. The van der Waals surface area contributed by atoms with Gasteiger partial charge in [-0.25, -0.2) is 9.82 Å². The monoisotopic (exact) mass is 568 g/mol. The Morgan fingerprint density at radius 3 is 2.38 bits per heavy atom. The van der Waals surface area contributed by atoms with Crippen molar-refractivity contribution in [3.05, 3.63) is 93.7 Å². The Hall–Kier alpha value is -4.05. The van der Waals surface area contributed by atoms with Gasteiger partial charge < -0.3 is 15.4 Å². The Balaban J connectivity index is 1.51. The Bertz CT molecular complexity index is 1280. The molecule has 10 heteroatoms. The number of nitrogens with zero attached hydrogens (tertiary/aromatic N) is 1. The lowest BCUT2D eigenvalue weighted by atomic mass is 10.0. The molecule has 0 radical (unpaired) electrons. The lowest BCUT2D eigenvalue weighted by molar-refractivity contribution is -0.139. The van der Waals surface area contributed by atoms with Crippen LogP contribution in [0.3, 0.4) is 0 Å². The van der Waals surface area contributed by atoms with E-state index in [9.17, 15) is 18.8 Å². The highest BCUT2D eigenvalue weighted by Gasteiger charge is 2.13. The summed E-state index contributed by atoms with van der Waals surface area (Å²) >= 11 is 3.35. The first-order valence-corrected chi connectivity index (χ1v) is 12.2. The molecule has 37 heavy (non-hydrogen) atoms. The second kappa shape index (κ2) is 13.3. The lowest BCUT2D eigenvalue weighted by Crippen LogP contribution is -2.37. The Labute approximate surface area is 222 Å². The fourth-order valence-electron chi connectivity index (χ4n) is 3.12. The summed E-state index contributed by atoms with van der Waals surface area (Å²) in [5.41, 5.74) is 5.12. The molecule has 3 aromatic rings. The Morgan fingerprint density at radius 1 is 1.00 bits per heavy atom. The van der Waals surface area contributed by atoms with Crippen molar-refractivity contribution in [2.45, 2.75) is 26.3 Å². The molecule has 3 aromatic carbocycles. The van der Waals surface area contributed by atoms with E-state index in [0.717, 1.165) is 5.56 Å². The lowest BCUT2D eigenvalue weighted by Gasteiger charge is -2.10. The number of carbonyl (C=O) groups is 3. The fraction of sp³-hybridized carbons (Fsp3) is 0.185. The van der Waals surface area contributed by atoms with Gasteiger partial charge in [0.2, 0.25) is 0 Å². The van der Waals surface area contributed by atoms with Crippen molar-refractivity contribution >= 4 is 45.6 Å². The molecule has 0 bridgehead atoms. The maximum absolute atomic E-state index is 13.0. The molecule has 0 saturated heterocycles. The second-order valence-electron chi connectivity index (χ2n) is 8.30. The fourth-order valence-corrected chi connectivity index (χ4v) is 3.50. The molecule has 3 amide bonds. The van der Waals surface area contributed by atoms with Crippen LogP contribution in [-0.4, -0.2) is 30.5 Å². The first kappa shape index (κ1) is 27.5. The number of amides is 3. The van der Waals surface area contributed by atoms with Crippen LogP contribution in [-0.2, 0) is 20.9 Å². The first-order valence-electron chi connectivity index (χ1n) is 11.4. The number of anilines is 1. The van der Waals surface area contributed by atoms with E-state index in [1.54, 1.807) is 18.2 Å². The molecular formula is C27H26BrFN4O4. The van der Waals surface area contributed by atoms with Gasteiger partial charge in [-0.2, -0.15) is 5.10 Å². The van der Waals surface area contributed by atoms with Gasteiger partial charge in [0, 0.05) is 22.3 Å². The van der Waals surface area contributed by atoms with Crippen molar-refractivity contribution < 1.29 is 23.5 Å². The van der Waals surface area contributed by atoms with Gasteiger partial charge >= 0.3 is 11.8 Å². The van der Waals surface area contributed by atoms with E-state index in [4.69, 9.17) is 4.74 Å². The zero-order valence-corrected chi connectivity index (χ0v) is 21.8. The largest absolute Gasteiger partial charge is 0.483 e. The van der Waals surface area contributed by atoms with Crippen LogP contribution in [0.4, 0.5) is 10.1 Å². The third kappa shape index (κ3) is 8.84. The minimum absolute atomic E-state index is 0.206. The van der Waals surface area contributed by atoms with Crippen LogP contribution in [0.2, 0.25) is 0 Å². The smallest absolute Gasteiger partial charge is 0.329 e. The van der Waals surface area contributed by atoms with Crippen molar-refractivity contribution in [1.82, 2.24) is 10.7 Å². The summed E-state index contributed by atoms with van der Waals surface area (Å²) in [6, 6.07) is 18.1. The van der Waals surface area contributed by atoms with Crippen LogP contribution in [0.1, 0.15) is 36.5 Å². The number of carbonyl (C=O) groups excluding carboxylic acids is 3. The van der Waals surface area contributed by atoms with E-state index in [1.807, 2.05) is 24.3 Å². The molecule has 3 rings (SSSR count). The van der Waals surface area contributed by atoms with E-state index in [0.29, 0.717) is 27.4 Å². The molecule has 192 valence electrons. The summed E-state index contributed by atoms with van der Waals surface area (Å²) in [7, 11) is 0. The molecule has 0 aliphatic heterocycles. The number of halogens is 2. The molecule has 0 spiro atoms. The highest BCUT2D eigenvalue weighted by Crippen LogP contribution is 2.22. The summed E-state index contributed by atoms with van der Waals surface area (Å²) in [5.74, 6) is -1.87. The van der Waals surface area contributed by atoms with Crippen LogP contribution in [0.5, 0.6) is 5.75 Å². The molecule has 8 nitrogen and oxygen atoms in total. The zero-order chi connectivity index (χ0) is 26.8. The van der Waals surface area contributed by atoms with Gasteiger partial charge in [0.1, 0.15) is 11.6 Å².